The van der Waals surface area contributed by atoms with Crippen LogP contribution >= 0.6 is 12.2 Å². The third kappa shape index (κ3) is 4.04. The number of aromatic nitrogens is 4. The maximum atomic E-state index is 5.30. The fourth-order valence-electron chi connectivity index (χ4n) is 2.13. The zero-order chi connectivity index (χ0) is 15.4. The minimum atomic E-state index is 0.641. The molecule has 0 atom stereocenters. The van der Waals surface area contributed by atoms with Crippen molar-refractivity contribution in [3.63, 3.8) is 0 Å². The molecule has 2 rings (SSSR count). The molecule has 21 heavy (non-hydrogen) atoms. The van der Waals surface area contributed by atoms with Crippen LogP contribution in [0.3, 0.4) is 0 Å². The molecule has 114 valence electrons. The van der Waals surface area contributed by atoms with Crippen molar-refractivity contribution in [2.45, 2.75) is 40.4 Å². The number of nitrogens with zero attached hydrogens (tertiary/aromatic N) is 4. The summed E-state index contributed by atoms with van der Waals surface area (Å²) in [6.45, 7) is 8.33. The Morgan fingerprint density at radius 1 is 1.10 bits per heavy atom. The van der Waals surface area contributed by atoms with Gasteiger partial charge in [0.05, 0.1) is 11.4 Å². The number of thiocarbonyl (C=S) groups is 1. The van der Waals surface area contributed by atoms with Crippen molar-refractivity contribution >= 4 is 17.3 Å². The Kier molecular flexibility index (Phi) is 4.95. The molecule has 2 aromatic heterocycles. The van der Waals surface area contributed by atoms with E-state index in [9.17, 15) is 0 Å². The van der Waals surface area contributed by atoms with Crippen LogP contribution in [0.15, 0.2) is 12.4 Å². The lowest BCUT2D eigenvalue weighted by Gasteiger charge is -2.09. The van der Waals surface area contributed by atoms with Gasteiger partial charge in [0, 0.05) is 50.2 Å². The summed E-state index contributed by atoms with van der Waals surface area (Å²) in [6, 6.07) is 0. The molecular weight excluding hydrogens is 284 g/mol. The summed E-state index contributed by atoms with van der Waals surface area (Å²) in [5.74, 6) is 0. The van der Waals surface area contributed by atoms with Crippen LogP contribution in [-0.4, -0.2) is 24.7 Å². The second-order valence-electron chi connectivity index (χ2n) is 5.05. The van der Waals surface area contributed by atoms with Crippen LogP contribution in [-0.2, 0) is 26.7 Å². The van der Waals surface area contributed by atoms with Crippen molar-refractivity contribution in [1.29, 1.82) is 0 Å². The van der Waals surface area contributed by atoms with Crippen molar-refractivity contribution in [1.82, 2.24) is 30.2 Å². The first-order chi connectivity index (χ1) is 9.99. The number of hydrogen-bond acceptors (Lipinski definition) is 3. The maximum absolute atomic E-state index is 5.30. The van der Waals surface area contributed by atoms with Gasteiger partial charge in [0.1, 0.15) is 0 Å². The summed E-state index contributed by atoms with van der Waals surface area (Å²) >= 11 is 5.30. The average molecular weight is 306 g/mol. The SMILES string of the molecule is CCn1cc(CNC(=S)NCc2cn(C)nc2C)c(C)n1. The van der Waals surface area contributed by atoms with Gasteiger partial charge in [0.2, 0.25) is 0 Å². The molecule has 0 aromatic carbocycles. The molecule has 6 nitrogen and oxygen atoms in total. The van der Waals surface area contributed by atoms with Gasteiger partial charge in [0.25, 0.3) is 0 Å². The third-order valence-corrected chi connectivity index (χ3v) is 3.65. The second-order valence-corrected chi connectivity index (χ2v) is 5.45. The van der Waals surface area contributed by atoms with Crippen LogP contribution in [0.1, 0.15) is 29.4 Å². The molecule has 0 saturated carbocycles. The van der Waals surface area contributed by atoms with Gasteiger partial charge in [-0.2, -0.15) is 10.2 Å². The molecule has 0 saturated heterocycles. The lowest BCUT2D eigenvalue weighted by molar-refractivity contribution is 0.653. The summed E-state index contributed by atoms with van der Waals surface area (Å²) in [6.07, 6.45) is 4.05. The summed E-state index contributed by atoms with van der Waals surface area (Å²) < 4.78 is 3.74. The quantitative estimate of drug-likeness (QED) is 0.818. The Morgan fingerprint density at radius 3 is 2.14 bits per heavy atom. The Morgan fingerprint density at radius 2 is 1.67 bits per heavy atom. The zero-order valence-corrected chi connectivity index (χ0v) is 13.8. The minimum absolute atomic E-state index is 0.641. The molecule has 0 bridgehead atoms. The third-order valence-electron chi connectivity index (χ3n) is 3.37. The molecule has 0 aliphatic rings. The highest BCUT2D eigenvalue weighted by atomic mass is 32.1. The fraction of sp³-hybridized carbons (Fsp3) is 0.500. The van der Waals surface area contributed by atoms with E-state index in [4.69, 9.17) is 12.2 Å². The lowest BCUT2D eigenvalue weighted by Crippen LogP contribution is -2.34. The first kappa shape index (κ1) is 15.5. The van der Waals surface area contributed by atoms with E-state index in [0.29, 0.717) is 18.2 Å². The lowest BCUT2D eigenvalue weighted by atomic mass is 10.2. The maximum Gasteiger partial charge on any atom is 0.166 e. The van der Waals surface area contributed by atoms with Crippen LogP contribution in [0, 0.1) is 13.8 Å². The molecule has 0 amide bonds. The molecule has 2 N–H and O–H groups in total. The van der Waals surface area contributed by atoms with Crippen LogP contribution in [0.25, 0.3) is 0 Å². The summed E-state index contributed by atoms with van der Waals surface area (Å²) in [4.78, 5) is 0. The number of rotatable bonds is 5. The average Bonchev–Trinajstić information content (AvgIpc) is 2.96. The number of hydrogen-bond donors (Lipinski definition) is 2. The largest absolute Gasteiger partial charge is 0.359 e. The van der Waals surface area contributed by atoms with Gasteiger partial charge >= 0.3 is 0 Å². The summed E-state index contributed by atoms with van der Waals surface area (Å²) in [7, 11) is 1.92. The van der Waals surface area contributed by atoms with Gasteiger partial charge in [-0.25, -0.2) is 0 Å². The fourth-order valence-corrected chi connectivity index (χ4v) is 2.27. The highest BCUT2D eigenvalue weighted by Crippen LogP contribution is 2.05. The van der Waals surface area contributed by atoms with Gasteiger partial charge in [-0.15, -0.1) is 0 Å². The predicted octanol–water partition coefficient (Wildman–Crippen LogP) is 1.42. The standard InChI is InChI=1S/C14H22N6S/c1-5-20-9-13(11(3)18-20)7-16-14(21)15-6-12-8-19(4)17-10(12)2/h8-9H,5-7H2,1-4H3,(H2,15,16,21). The van der Waals surface area contributed by atoms with Crippen molar-refractivity contribution in [3.8, 4) is 0 Å². The van der Waals surface area contributed by atoms with E-state index in [0.717, 1.165) is 23.5 Å². The molecule has 0 spiro atoms. The van der Waals surface area contributed by atoms with E-state index in [-0.39, 0.29) is 0 Å². The molecule has 7 heteroatoms. The van der Waals surface area contributed by atoms with Gasteiger partial charge in [-0.05, 0) is 33.0 Å². The highest BCUT2D eigenvalue weighted by Gasteiger charge is 2.06. The van der Waals surface area contributed by atoms with Crippen LogP contribution in [0.5, 0.6) is 0 Å². The summed E-state index contributed by atoms with van der Waals surface area (Å²) in [5.41, 5.74) is 4.37. The molecule has 0 radical (unpaired) electrons. The Bertz CT molecular complexity index is 627. The number of aryl methyl sites for hydroxylation is 4. The molecule has 0 aliphatic carbocycles. The molecule has 0 unspecified atom stereocenters. The zero-order valence-electron chi connectivity index (χ0n) is 13.0. The van der Waals surface area contributed by atoms with E-state index in [2.05, 4.69) is 34.0 Å². The Balaban J connectivity index is 1.82. The topological polar surface area (TPSA) is 59.7 Å². The number of nitrogens with one attached hydrogen (secondary N) is 2. The Hall–Kier alpha value is -1.89. The normalized spacial score (nSPS) is 10.7. The van der Waals surface area contributed by atoms with Gasteiger partial charge in [-0.1, -0.05) is 0 Å². The first-order valence-electron chi connectivity index (χ1n) is 7.03. The molecule has 2 heterocycles. The van der Waals surface area contributed by atoms with Crippen LogP contribution in [0.2, 0.25) is 0 Å². The van der Waals surface area contributed by atoms with E-state index in [1.807, 2.05) is 36.5 Å². The first-order valence-corrected chi connectivity index (χ1v) is 7.44. The molecule has 0 fully saturated rings. The van der Waals surface area contributed by atoms with Crippen molar-refractivity contribution in [2.75, 3.05) is 0 Å². The molecule has 0 aliphatic heterocycles. The van der Waals surface area contributed by atoms with E-state index in [1.54, 1.807) is 0 Å². The van der Waals surface area contributed by atoms with Crippen molar-refractivity contribution in [2.24, 2.45) is 7.05 Å². The van der Waals surface area contributed by atoms with Gasteiger partial charge in [-0.3, -0.25) is 9.36 Å². The predicted molar refractivity (Wildman–Crippen MR) is 86.9 cm³/mol. The Labute approximate surface area is 130 Å². The van der Waals surface area contributed by atoms with E-state index >= 15 is 0 Å². The van der Waals surface area contributed by atoms with Crippen LogP contribution < -0.4 is 10.6 Å². The molecular formula is C14H22N6S. The second kappa shape index (κ2) is 6.71. The summed E-state index contributed by atoms with van der Waals surface area (Å²) in [5, 5.41) is 15.8. The van der Waals surface area contributed by atoms with Gasteiger partial charge < -0.3 is 10.6 Å². The highest BCUT2D eigenvalue weighted by molar-refractivity contribution is 7.80. The van der Waals surface area contributed by atoms with Crippen molar-refractivity contribution in [3.05, 3.63) is 34.9 Å². The minimum Gasteiger partial charge on any atom is -0.359 e. The van der Waals surface area contributed by atoms with Gasteiger partial charge in [0.15, 0.2) is 5.11 Å². The monoisotopic (exact) mass is 306 g/mol. The van der Waals surface area contributed by atoms with Crippen molar-refractivity contribution < 1.29 is 0 Å². The smallest absolute Gasteiger partial charge is 0.166 e. The molecule has 2 aromatic rings. The van der Waals surface area contributed by atoms with E-state index < -0.39 is 0 Å². The van der Waals surface area contributed by atoms with Crippen LogP contribution in [0.4, 0.5) is 0 Å². The van der Waals surface area contributed by atoms with E-state index in [1.165, 1.54) is 5.56 Å².